The number of rotatable bonds is 4. The van der Waals surface area contributed by atoms with Crippen LogP contribution in [-0.4, -0.2) is 12.5 Å². The number of ether oxygens (including phenoxy) is 1. The van der Waals surface area contributed by atoms with Gasteiger partial charge in [0.15, 0.2) is 6.61 Å². The third-order valence-corrected chi connectivity index (χ3v) is 5.85. The number of nitrogens with one attached hydrogen (secondary N) is 1. The Kier molecular flexibility index (Phi) is 5.53. The van der Waals surface area contributed by atoms with Crippen LogP contribution in [0.15, 0.2) is 18.2 Å². The summed E-state index contributed by atoms with van der Waals surface area (Å²) in [4.78, 5) is 13.4. The Hall–Kier alpha value is -1.74. The second-order valence-corrected chi connectivity index (χ2v) is 8.03. The van der Waals surface area contributed by atoms with Crippen molar-refractivity contribution in [1.29, 1.82) is 5.26 Å². The van der Waals surface area contributed by atoms with Crippen LogP contribution >= 0.6 is 34.5 Å². The number of carbonyl (C=O) groups excluding carboxylic acids is 1. The number of nitrogens with zero attached hydrogens (tertiary/aromatic N) is 1. The summed E-state index contributed by atoms with van der Waals surface area (Å²) in [6.45, 7) is 2.00. The average molecular weight is 395 g/mol. The summed E-state index contributed by atoms with van der Waals surface area (Å²) >= 11 is 13.4. The average Bonchev–Trinajstić information content (AvgIpc) is 2.91. The number of amides is 1. The molecule has 0 spiro atoms. The normalized spacial score (nSPS) is 16.0. The van der Waals surface area contributed by atoms with Crippen molar-refractivity contribution in [2.24, 2.45) is 5.92 Å². The van der Waals surface area contributed by atoms with E-state index >= 15 is 0 Å². The maximum atomic E-state index is 12.2. The zero-order valence-electron chi connectivity index (χ0n) is 13.6. The van der Waals surface area contributed by atoms with Crippen molar-refractivity contribution in [2.75, 3.05) is 11.9 Å². The number of thiophene rings is 1. The van der Waals surface area contributed by atoms with Crippen LogP contribution in [0.4, 0.5) is 5.00 Å². The lowest BCUT2D eigenvalue weighted by Crippen LogP contribution is -2.20. The minimum absolute atomic E-state index is 0.204. The number of nitriles is 1. The molecule has 1 unspecified atom stereocenters. The van der Waals surface area contributed by atoms with Gasteiger partial charge in [-0.25, -0.2) is 0 Å². The smallest absolute Gasteiger partial charge is 0.262 e. The molecule has 1 heterocycles. The SMILES string of the molecule is CC1CCc2c(sc(NC(=O)COc3cc(Cl)ccc3Cl)c2C#N)C1. The van der Waals surface area contributed by atoms with Crippen molar-refractivity contribution in [1.82, 2.24) is 0 Å². The lowest BCUT2D eigenvalue weighted by atomic mass is 9.89. The van der Waals surface area contributed by atoms with Crippen LogP contribution in [0.2, 0.25) is 10.0 Å². The zero-order chi connectivity index (χ0) is 18.0. The van der Waals surface area contributed by atoms with Gasteiger partial charge in [0.25, 0.3) is 5.91 Å². The molecule has 25 heavy (non-hydrogen) atoms. The number of fused-ring (bicyclic) bond motifs is 1. The number of carbonyl (C=O) groups is 1. The number of benzene rings is 1. The van der Waals surface area contributed by atoms with Crippen molar-refractivity contribution in [3.63, 3.8) is 0 Å². The highest BCUT2D eigenvalue weighted by Gasteiger charge is 2.24. The summed E-state index contributed by atoms with van der Waals surface area (Å²) in [5, 5.41) is 13.7. The van der Waals surface area contributed by atoms with E-state index in [0.29, 0.717) is 32.3 Å². The second-order valence-electron chi connectivity index (χ2n) is 6.08. The fourth-order valence-corrected chi connectivity index (χ4v) is 4.56. The van der Waals surface area contributed by atoms with Gasteiger partial charge < -0.3 is 10.1 Å². The van der Waals surface area contributed by atoms with Crippen LogP contribution < -0.4 is 10.1 Å². The second kappa shape index (κ2) is 7.65. The topological polar surface area (TPSA) is 62.1 Å². The first-order valence-electron chi connectivity index (χ1n) is 7.90. The first-order valence-corrected chi connectivity index (χ1v) is 9.47. The van der Waals surface area contributed by atoms with Crippen molar-refractivity contribution in [3.05, 3.63) is 44.2 Å². The standard InChI is InChI=1S/C18H16Cl2N2O2S/c1-10-2-4-12-13(8-21)18(25-16(12)6-10)22-17(23)9-24-15-7-11(19)3-5-14(15)20/h3,5,7,10H,2,4,6,9H2,1H3,(H,22,23). The summed E-state index contributed by atoms with van der Waals surface area (Å²) in [5.74, 6) is 0.623. The monoisotopic (exact) mass is 394 g/mol. The van der Waals surface area contributed by atoms with Crippen LogP contribution in [0, 0.1) is 17.2 Å². The van der Waals surface area contributed by atoms with E-state index in [-0.39, 0.29) is 12.5 Å². The number of hydrogen-bond donors (Lipinski definition) is 1. The number of anilines is 1. The number of hydrogen-bond acceptors (Lipinski definition) is 4. The van der Waals surface area contributed by atoms with Crippen LogP contribution in [0.1, 0.15) is 29.3 Å². The minimum atomic E-state index is -0.334. The van der Waals surface area contributed by atoms with Gasteiger partial charge in [-0.15, -0.1) is 11.3 Å². The molecular weight excluding hydrogens is 379 g/mol. The molecule has 0 fully saturated rings. The van der Waals surface area contributed by atoms with Crippen molar-refractivity contribution in [2.45, 2.75) is 26.2 Å². The van der Waals surface area contributed by atoms with Gasteiger partial charge >= 0.3 is 0 Å². The predicted molar refractivity (Wildman–Crippen MR) is 101 cm³/mol. The zero-order valence-corrected chi connectivity index (χ0v) is 15.9. The molecule has 0 radical (unpaired) electrons. The highest BCUT2D eigenvalue weighted by atomic mass is 35.5. The molecule has 1 aromatic carbocycles. The van der Waals surface area contributed by atoms with E-state index in [1.165, 1.54) is 16.2 Å². The molecule has 0 aliphatic heterocycles. The first kappa shape index (κ1) is 18.1. The molecule has 0 bridgehead atoms. The molecule has 1 atom stereocenters. The third kappa shape index (κ3) is 4.09. The van der Waals surface area contributed by atoms with Gasteiger partial charge in [0.2, 0.25) is 0 Å². The quantitative estimate of drug-likeness (QED) is 0.786. The van der Waals surface area contributed by atoms with E-state index in [0.717, 1.165) is 24.8 Å². The maximum Gasteiger partial charge on any atom is 0.262 e. The lowest BCUT2D eigenvalue weighted by Gasteiger charge is -2.17. The van der Waals surface area contributed by atoms with Gasteiger partial charge in [-0.2, -0.15) is 5.26 Å². The largest absolute Gasteiger partial charge is 0.482 e. The van der Waals surface area contributed by atoms with Crippen LogP contribution in [0.25, 0.3) is 0 Å². The van der Waals surface area contributed by atoms with Gasteiger partial charge in [0.05, 0.1) is 10.6 Å². The van der Waals surface area contributed by atoms with E-state index in [1.807, 2.05) is 0 Å². The van der Waals surface area contributed by atoms with E-state index in [4.69, 9.17) is 27.9 Å². The van der Waals surface area contributed by atoms with E-state index in [9.17, 15) is 10.1 Å². The minimum Gasteiger partial charge on any atom is -0.482 e. The molecule has 3 rings (SSSR count). The van der Waals surface area contributed by atoms with Crippen LogP contribution in [0.5, 0.6) is 5.75 Å². The molecule has 0 saturated carbocycles. The fraction of sp³-hybridized carbons (Fsp3) is 0.333. The Morgan fingerprint density at radius 3 is 3.04 bits per heavy atom. The van der Waals surface area contributed by atoms with E-state index in [1.54, 1.807) is 18.2 Å². The Balaban J connectivity index is 1.69. The van der Waals surface area contributed by atoms with Crippen LogP contribution in [0.3, 0.4) is 0 Å². The Labute approximate surface area is 160 Å². The van der Waals surface area contributed by atoms with Gasteiger partial charge in [-0.05, 0) is 42.9 Å². The molecule has 1 amide bonds. The summed E-state index contributed by atoms with van der Waals surface area (Å²) in [5.41, 5.74) is 1.67. The molecule has 1 aromatic heterocycles. The van der Waals surface area contributed by atoms with Gasteiger partial charge in [-0.1, -0.05) is 30.1 Å². The molecule has 1 aliphatic rings. The molecule has 7 heteroatoms. The summed E-state index contributed by atoms with van der Waals surface area (Å²) < 4.78 is 5.44. The van der Waals surface area contributed by atoms with Crippen molar-refractivity contribution in [3.8, 4) is 11.8 Å². The van der Waals surface area contributed by atoms with Crippen molar-refractivity contribution < 1.29 is 9.53 Å². The van der Waals surface area contributed by atoms with Gasteiger partial charge in [-0.3, -0.25) is 4.79 Å². The molecule has 1 aliphatic carbocycles. The van der Waals surface area contributed by atoms with Gasteiger partial charge in [0.1, 0.15) is 16.8 Å². The highest BCUT2D eigenvalue weighted by Crippen LogP contribution is 2.39. The third-order valence-electron chi connectivity index (χ3n) is 4.13. The molecule has 2 aromatic rings. The Bertz CT molecular complexity index is 857. The highest BCUT2D eigenvalue weighted by molar-refractivity contribution is 7.16. The summed E-state index contributed by atoms with van der Waals surface area (Å²) in [6, 6.07) is 7.05. The number of halogens is 2. The summed E-state index contributed by atoms with van der Waals surface area (Å²) in [6.07, 6.45) is 2.92. The molecular formula is C18H16Cl2N2O2S. The maximum absolute atomic E-state index is 12.2. The molecule has 130 valence electrons. The Morgan fingerprint density at radius 2 is 2.28 bits per heavy atom. The molecule has 1 N–H and O–H groups in total. The van der Waals surface area contributed by atoms with Crippen LogP contribution in [-0.2, 0) is 17.6 Å². The molecule has 4 nitrogen and oxygen atoms in total. The van der Waals surface area contributed by atoms with E-state index in [2.05, 4.69) is 18.3 Å². The van der Waals surface area contributed by atoms with Crippen molar-refractivity contribution >= 4 is 45.4 Å². The predicted octanol–water partition coefficient (Wildman–Crippen LogP) is 5.07. The summed E-state index contributed by atoms with van der Waals surface area (Å²) in [7, 11) is 0. The first-order chi connectivity index (χ1) is 12.0. The van der Waals surface area contributed by atoms with Gasteiger partial charge in [0, 0.05) is 16.0 Å². The molecule has 0 saturated heterocycles. The lowest BCUT2D eigenvalue weighted by molar-refractivity contribution is -0.118. The Morgan fingerprint density at radius 1 is 1.48 bits per heavy atom. The van der Waals surface area contributed by atoms with E-state index < -0.39 is 0 Å². The fourth-order valence-electron chi connectivity index (χ4n) is 2.85.